The van der Waals surface area contributed by atoms with Crippen molar-refractivity contribution in [2.75, 3.05) is 7.05 Å². The largest absolute Gasteiger partial charge is 0.508 e. The molecule has 0 atom stereocenters. The summed E-state index contributed by atoms with van der Waals surface area (Å²) in [5.74, 6) is 0.352. The van der Waals surface area contributed by atoms with Crippen molar-refractivity contribution >= 4 is 0 Å². The molecule has 0 amide bonds. The minimum absolute atomic E-state index is 0.352. The summed E-state index contributed by atoms with van der Waals surface area (Å²) in [5, 5.41) is 9.36. The molecule has 0 aliphatic carbocycles. The molecule has 0 aliphatic heterocycles. The first-order valence-electron chi connectivity index (χ1n) is 5.65. The average molecular weight is 207 g/mol. The fraction of sp³-hybridized carbons (Fsp3) is 0.538. The highest BCUT2D eigenvalue weighted by Crippen LogP contribution is 2.15. The summed E-state index contributed by atoms with van der Waals surface area (Å²) >= 11 is 0. The molecule has 0 radical (unpaired) electrons. The van der Waals surface area contributed by atoms with Gasteiger partial charge in [-0.05, 0) is 37.6 Å². The molecule has 0 fully saturated rings. The van der Waals surface area contributed by atoms with E-state index in [-0.39, 0.29) is 0 Å². The van der Waals surface area contributed by atoms with E-state index in [1.54, 1.807) is 6.07 Å². The summed E-state index contributed by atoms with van der Waals surface area (Å²) in [5.41, 5.74) is 1.17. The van der Waals surface area contributed by atoms with Gasteiger partial charge in [0.05, 0.1) is 0 Å². The highest BCUT2D eigenvalue weighted by molar-refractivity contribution is 5.26. The van der Waals surface area contributed by atoms with E-state index in [1.807, 2.05) is 12.1 Å². The zero-order valence-corrected chi connectivity index (χ0v) is 9.90. The fourth-order valence-electron chi connectivity index (χ4n) is 1.98. The third kappa shape index (κ3) is 3.56. The Morgan fingerprint density at radius 3 is 2.47 bits per heavy atom. The van der Waals surface area contributed by atoms with Crippen molar-refractivity contribution in [3.05, 3.63) is 29.8 Å². The van der Waals surface area contributed by atoms with Crippen LogP contribution in [0.3, 0.4) is 0 Å². The van der Waals surface area contributed by atoms with Gasteiger partial charge in [0.15, 0.2) is 0 Å². The van der Waals surface area contributed by atoms with Crippen molar-refractivity contribution in [3.8, 4) is 5.75 Å². The van der Waals surface area contributed by atoms with E-state index < -0.39 is 0 Å². The molecule has 0 saturated heterocycles. The number of nitrogens with zero attached hydrogens (tertiary/aromatic N) is 1. The number of benzene rings is 1. The monoisotopic (exact) mass is 207 g/mol. The van der Waals surface area contributed by atoms with Gasteiger partial charge in [-0.25, -0.2) is 0 Å². The van der Waals surface area contributed by atoms with Crippen molar-refractivity contribution < 1.29 is 5.11 Å². The normalized spacial score (nSPS) is 11.3. The zero-order chi connectivity index (χ0) is 11.3. The van der Waals surface area contributed by atoms with Crippen molar-refractivity contribution in [2.45, 2.75) is 39.3 Å². The molecule has 2 heteroatoms. The third-order valence-electron chi connectivity index (χ3n) is 2.91. The van der Waals surface area contributed by atoms with Gasteiger partial charge in [-0.3, -0.25) is 4.90 Å². The maximum atomic E-state index is 9.36. The van der Waals surface area contributed by atoms with Crippen LogP contribution in [0.1, 0.15) is 32.3 Å². The molecule has 0 heterocycles. The van der Waals surface area contributed by atoms with Crippen molar-refractivity contribution in [2.24, 2.45) is 0 Å². The van der Waals surface area contributed by atoms with Crippen LogP contribution in [0.25, 0.3) is 0 Å². The lowest BCUT2D eigenvalue weighted by atomic mass is 10.1. The van der Waals surface area contributed by atoms with Crippen LogP contribution in [0.2, 0.25) is 0 Å². The predicted molar refractivity (Wildman–Crippen MR) is 63.9 cm³/mol. The fourth-order valence-corrected chi connectivity index (χ4v) is 1.98. The number of hydrogen-bond donors (Lipinski definition) is 1. The van der Waals surface area contributed by atoms with Crippen LogP contribution in [0.15, 0.2) is 24.3 Å². The quantitative estimate of drug-likeness (QED) is 0.802. The van der Waals surface area contributed by atoms with Gasteiger partial charge in [-0.1, -0.05) is 26.0 Å². The van der Waals surface area contributed by atoms with Gasteiger partial charge in [0.1, 0.15) is 5.75 Å². The minimum Gasteiger partial charge on any atom is -0.508 e. The maximum absolute atomic E-state index is 9.36. The van der Waals surface area contributed by atoms with Gasteiger partial charge in [0.2, 0.25) is 0 Å². The third-order valence-corrected chi connectivity index (χ3v) is 2.91. The molecule has 15 heavy (non-hydrogen) atoms. The molecule has 0 spiro atoms. The van der Waals surface area contributed by atoms with Gasteiger partial charge in [0.25, 0.3) is 0 Å². The van der Waals surface area contributed by atoms with Gasteiger partial charge in [-0.2, -0.15) is 0 Å². The number of hydrogen-bond acceptors (Lipinski definition) is 2. The van der Waals surface area contributed by atoms with Gasteiger partial charge in [0, 0.05) is 12.6 Å². The molecule has 0 unspecified atom stereocenters. The first-order chi connectivity index (χ1) is 7.17. The van der Waals surface area contributed by atoms with Crippen LogP contribution in [-0.2, 0) is 6.54 Å². The number of phenolic OH excluding ortho intramolecular Hbond substituents is 1. The summed E-state index contributed by atoms with van der Waals surface area (Å²) in [6, 6.07) is 8.12. The molecular weight excluding hydrogens is 186 g/mol. The SMILES string of the molecule is CCC(CC)N(C)Cc1cccc(O)c1. The van der Waals surface area contributed by atoms with Crippen molar-refractivity contribution in [1.29, 1.82) is 0 Å². The Bertz CT molecular complexity index is 294. The Balaban J connectivity index is 2.61. The van der Waals surface area contributed by atoms with E-state index >= 15 is 0 Å². The van der Waals surface area contributed by atoms with Crippen molar-refractivity contribution in [3.63, 3.8) is 0 Å². The summed E-state index contributed by atoms with van der Waals surface area (Å²) in [6.07, 6.45) is 2.34. The Hall–Kier alpha value is -1.02. The van der Waals surface area contributed by atoms with Crippen LogP contribution in [0.5, 0.6) is 5.75 Å². The maximum Gasteiger partial charge on any atom is 0.115 e. The summed E-state index contributed by atoms with van der Waals surface area (Å²) in [4.78, 5) is 2.34. The second-order valence-corrected chi connectivity index (χ2v) is 4.06. The lowest BCUT2D eigenvalue weighted by molar-refractivity contribution is 0.221. The van der Waals surface area contributed by atoms with Crippen molar-refractivity contribution in [1.82, 2.24) is 4.90 Å². The van der Waals surface area contributed by atoms with E-state index in [0.717, 1.165) is 6.54 Å². The number of rotatable bonds is 5. The van der Waals surface area contributed by atoms with E-state index in [1.165, 1.54) is 18.4 Å². The Morgan fingerprint density at radius 2 is 1.93 bits per heavy atom. The van der Waals surface area contributed by atoms with E-state index in [4.69, 9.17) is 0 Å². The molecule has 1 N–H and O–H groups in total. The molecule has 0 aliphatic rings. The van der Waals surface area contributed by atoms with Gasteiger partial charge < -0.3 is 5.11 Å². The van der Waals surface area contributed by atoms with Crippen LogP contribution < -0.4 is 0 Å². The average Bonchev–Trinajstić information content (AvgIpc) is 2.19. The van der Waals surface area contributed by atoms with E-state index in [9.17, 15) is 5.11 Å². The molecule has 1 rings (SSSR count). The first-order valence-corrected chi connectivity index (χ1v) is 5.65. The molecule has 84 valence electrons. The van der Waals surface area contributed by atoms with E-state index in [2.05, 4.69) is 31.9 Å². The highest BCUT2D eigenvalue weighted by Gasteiger charge is 2.10. The number of aromatic hydroxyl groups is 1. The van der Waals surface area contributed by atoms with Gasteiger partial charge >= 0.3 is 0 Å². The molecule has 1 aromatic rings. The smallest absolute Gasteiger partial charge is 0.115 e. The topological polar surface area (TPSA) is 23.5 Å². The highest BCUT2D eigenvalue weighted by atomic mass is 16.3. The molecule has 2 nitrogen and oxygen atoms in total. The summed E-state index contributed by atoms with van der Waals surface area (Å²) in [6.45, 7) is 5.33. The first kappa shape index (κ1) is 12.1. The van der Waals surface area contributed by atoms with Crippen LogP contribution in [0, 0.1) is 0 Å². The van der Waals surface area contributed by atoms with E-state index in [0.29, 0.717) is 11.8 Å². The molecular formula is C13H21NO. The second kappa shape index (κ2) is 5.76. The van der Waals surface area contributed by atoms with Gasteiger partial charge in [-0.15, -0.1) is 0 Å². The lowest BCUT2D eigenvalue weighted by Crippen LogP contribution is -2.29. The Labute approximate surface area is 92.5 Å². The Kier molecular flexibility index (Phi) is 4.63. The summed E-state index contributed by atoms with van der Waals surface area (Å²) in [7, 11) is 2.14. The zero-order valence-electron chi connectivity index (χ0n) is 9.90. The lowest BCUT2D eigenvalue weighted by Gasteiger charge is -2.26. The molecule has 0 aromatic heterocycles. The second-order valence-electron chi connectivity index (χ2n) is 4.06. The van der Waals surface area contributed by atoms with Crippen LogP contribution in [0.4, 0.5) is 0 Å². The standard InChI is InChI=1S/C13H21NO/c1-4-12(5-2)14(3)10-11-7-6-8-13(15)9-11/h6-9,12,15H,4-5,10H2,1-3H3. The number of phenols is 1. The van der Waals surface area contributed by atoms with Crippen LogP contribution in [-0.4, -0.2) is 23.1 Å². The minimum atomic E-state index is 0.352. The molecule has 0 bridgehead atoms. The Morgan fingerprint density at radius 1 is 1.27 bits per heavy atom. The van der Waals surface area contributed by atoms with Crippen LogP contribution >= 0.6 is 0 Å². The summed E-state index contributed by atoms with van der Waals surface area (Å²) < 4.78 is 0. The molecule has 1 aromatic carbocycles. The predicted octanol–water partition coefficient (Wildman–Crippen LogP) is 3.01. The molecule has 0 saturated carbocycles.